The topological polar surface area (TPSA) is 53.8 Å². The van der Waals surface area contributed by atoms with Gasteiger partial charge in [0.1, 0.15) is 5.58 Å². The molecule has 5 nitrogen and oxygen atoms in total. The maximum absolute atomic E-state index is 13.0. The number of para-hydroxylation sites is 1. The van der Waals surface area contributed by atoms with Crippen LogP contribution in [0.5, 0.6) is 0 Å². The molecule has 2 unspecified atom stereocenters. The van der Waals surface area contributed by atoms with Gasteiger partial charge in [0.05, 0.1) is 12.1 Å². The molecule has 124 valence electrons. The molecule has 0 radical (unpaired) electrons. The zero-order valence-corrected chi connectivity index (χ0v) is 13.5. The van der Waals surface area contributed by atoms with Crippen LogP contribution in [-0.4, -0.2) is 46.8 Å². The van der Waals surface area contributed by atoms with E-state index < -0.39 is 0 Å². The molecule has 0 spiro atoms. The second-order valence-electron chi connectivity index (χ2n) is 6.45. The molecule has 5 heteroatoms. The minimum absolute atomic E-state index is 0.0412. The molecule has 2 amide bonds. The molecule has 1 aromatic heterocycles. The summed E-state index contributed by atoms with van der Waals surface area (Å²) in [6.07, 6.45) is 4.01. The predicted molar refractivity (Wildman–Crippen MR) is 90.6 cm³/mol. The summed E-state index contributed by atoms with van der Waals surface area (Å²) in [7, 11) is 0. The summed E-state index contributed by atoms with van der Waals surface area (Å²) < 4.78 is 5.74. The van der Waals surface area contributed by atoms with Crippen LogP contribution in [0.2, 0.25) is 0 Å². The molecule has 0 N–H and O–H groups in total. The third-order valence-electron chi connectivity index (χ3n) is 5.16. The zero-order chi connectivity index (χ0) is 16.7. The summed E-state index contributed by atoms with van der Waals surface area (Å²) in [5.74, 6) is 0.264. The van der Waals surface area contributed by atoms with Crippen molar-refractivity contribution >= 4 is 22.8 Å². The van der Waals surface area contributed by atoms with Crippen LogP contribution in [0.15, 0.2) is 47.4 Å². The molecule has 24 heavy (non-hydrogen) atoms. The van der Waals surface area contributed by atoms with Crippen LogP contribution in [0.1, 0.15) is 29.8 Å². The van der Waals surface area contributed by atoms with Crippen LogP contribution in [0.3, 0.4) is 0 Å². The van der Waals surface area contributed by atoms with Crippen LogP contribution in [0.4, 0.5) is 0 Å². The molecule has 2 atom stereocenters. The van der Waals surface area contributed by atoms with E-state index in [4.69, 9.17) is 4.42 Å². The van der Waals surface area contributed by atoms with Crippen molar-refractivity contribution in [3.63, 3.8) is 0 Å². The lowest BCUT2D eigenvalue weighted by atomic mass is 9.96. The number of piperidine rings is 1. The molecule has 0 saturated carbocycles. The van der Waals surface area contributed by atoms with Crippen LogP contribution in [0, 0.1) is 0 Å². The Hall–Kier alpha value is -2.56. The summed E-state index contributed by atoms with van der Waals surface area (Å²) in [6, 6.07) is 9.61. The van der Waals surface area contributed by atoms with Gasteiger partial charge in [-0.25, -0.2) is 0 Å². The molecule has 1 aromatic carbocycles. The molecule has 0 bridgehead atoms. The van der Waals surface area contributed by atoms with Gasteiger partial charge >= 0.3 is 0 Å². The first-order valence-electron chi connectivity index (χ1n) is 8.41. The van der Waals surface area contributed by atoms with Gasteiger partial charge < -0.3 is 14.2 Å². The molecule has 2 saturated heterocycles. The minimum Gasteiger partial charge on any atom is -0.451 e. The van der Waals surface area contributed by atoms with Gasteiger partial charge in [0.25, 0.3) is 5.91 Å². The second kappa shape index (κ2) is 5.82. The van der Waals surface area contributed by atoms with Crippen LogP contribution in [-0.2, 0) is 4.79 Å². The summed E-state index contributed by atoms with van der Waals surface area (Å²) in [4.78, 5) is 28.7. The highest BCUT2D eigenvalue weighted by Crippen LogP contribution is 2.32. The highest BCUT2D eigenvalue weighted by atomic mass is 16.3. The molecule has 4 rings (SSSR count). The SMILES string of the molecule is C=CC(=O)N1CCC2C1CCCN2C(=O)c1cc2ccccc2o1. The Morgan fingerprint density at radius 1 is 1.12 bits per heavy atom. The second-order valence-corrected chi connectivity index (χ2v) is 6.45. The van der Waals surface area contributed by atoms with Gasteiger partial charge in [-0.2, -0.15) is 0 Å². The fraction of sp³-hybridized carbons (Fsp3) is 0.368. The van der Waals surface area contributed by atoms with Gasteiger partial charge in [-0.3, -0.25) is 9.59 Å². The Balaban J connectivity index is 1.60. The number of rotatable bonds is 2. The molecular weight excluding hydrogens is 304 g/mol. The van der Waals surface area contributed by atoms with E-state index in [-0.39, 0.29) is 23.9 Å². The lowest BCUT2D eigenvalue weighted by molar-refractivity contribution is -0.127. The highest BCUT2D eigenvalue weighted by molar-refractivity contribution is 5.96. The van der Waals surface area contributed by atoms with Crippen LogP contribution >= 0.6 is 0 Å². The molecule has 2 fully saturated rings. The number of fused-ring (bicyclic) bond motifs is 2. The zero-order valence-electron chi connectivity index (χ0n) is 13.5. The number of furan rings is 1. The first kappa shape index (κ1) is 15.0. The van der Waals surface area contributed by atoms with Crippen molar-refractivity contribution in [2.45, 2.75) is 31.3 Å². The van der Waals surface area contributed by atoms with Gasteiger partial charge in [0, 0.05) is 18.5 Å². The average molecular weight is 324 g/mol. The number of amides is 2. The van der Waals surface area contributed by atoms with Gasteiger partial charge in [0.2, 0.25) is 5.91 Å². The smallest absolute Gasteiger partial charge is 0.289 e. The molecular formula is C19H20N2O3. The lowest BCUT2D eigenvalue weighted by Crippen LogP contribution is -2.52. The Morgan fingerprint density at radius 2 is 1.92 bits per heavy atom. The molecule has 0 aliphatic carbocycles. The lowest BCUT2D eigenvalue weighted by Gasteiger charge is -2.39. The normalized spacial score (nSPS) is 23.3. The fourth-order valence-corrected chi connectivity index (χ4v) is 4.06. The fourth-order valence-electron chi connectivity index (χ4n) is 4.06. The van der Waals surface area contributed by atoms with E-state index >= 15 is 0 Å². The number of nitrogens with zero attached hydrogens (tertiary/aromatic N) is 2. The maximum Gasteiger partial charge on any atom is 0.289 e. The summed E-state index contributed by atoms with van der Waals surface area (Å²) in [5, 5.41) is 0.935. The van der Waals surface area contributed by atoms with Crippen molar-refractivity contribution in [1.29, 1.82) is 0 Å². The van der Waals surface area contributed by atoms with Gasteiger partial charge in [-0.05, 0) is 37.5 Å². The Morgan fingerprint density at radius 3 is 2.71 bits per heavy atom. The van der Waals surface area contributed by atoms with Gasteiger partial charge in [0.15, 0.2) is 5.76 Å². The van der Waals surface area contributed by atoms with Crippen LogP contribution < -0.4 is 0 Å². The minimum atomic E-state index is -0.0752. The largest absolute Gasteiger partial charge is 0.451 e. The van der Waals surface area contributed by atoms with Gasteiger partial charge in [-0.15, -0.1) is 0 Å². The van der Waals surface area contributed by atoms with Crippen molar-refractivity contribution < 1.29 is 14.0 Å². The number of hydrogen-bond donors (Lipinski definition) is 0. The number of hydrogen-bond acceptors (Lipinski definition) is 3. The standard InChI is InChI=1S/C19H20N2O3/c1-2-18(22)20-11-9-15-14(20)7-5-10-21(15)19(23)17-12-13-6-3-4-8-16(13)24-17/h2-4,6,8,12,14-15H,1,5,7,9-11H2. The van der Waals surface area contributed by atoms with Crippen molar-refractivity contribution in [2.75, 3.05) is 13.1 Å². The molecule has 2 aliphatic heterocycles. The van der Waals surface area contributed by atoms with E-state index in [1.807, 2.05) is 40.1 Å². The molecule has 2 aromatic rings. The van der Waals surface area contributed by atoms with E-state index in [9.17, 15) is 9.59 Å². The van der Waals surface area contributed by atoms with Crippen LogP contribution in [0.25, 0.3) is 11.0 Å². The first-order valence-corrected chi connectivity index (χ1v) is 8.41. The van der Waals surface area contributed by atoms with E-state index in [2.05, 4.69) is 6.58 Å². The van der Waals surface area contributed by atoms with E-state index in [0.29, 0.717) is 18.8 Å². The van der Waals surface area contributed by atoms with E-state index in [1.54, 1.807) is 0 Å². The Labute approximate surface area is 140 Å². The van der Waals surface area contributed by atoms with E-state index in [1.165, 1.54) is 6.08 Å². The number of likely N-dealkylation sites (tertiary alicyclic amines) is 2. The average Bonchev–Trinajstić information content (AvgIpc) is 3.24. The molecule has 2 aliphatic rings. The van der Waals surface area contributed by atoms with Crippen molar-refractivity contribution in [3.05, 3.63) is 48.7 Å². The Kier molecular flexibility index (Phi) is 3.63. The predicted octanol–water partition coefficient (Wildman–Crippen LogP) is 2.82. The van der Waals surface area contributed by atoms with Crippen molar-refractivity contribution in [3.8, 4) is 0 Å². The highest BCUT2D eigenvalue weighted by Gasteiger charge is 2.43. The quantitative estimate of drug-likeness (QED) is 0.798. The summed E-state index contributed by atoms with van der Waals surface area (Å²) in [5.41, 5.74) is 0.726. The first-order chi connectivity index (χ1) is 11.7. The van der Waals surface area contributed by atoms with Crippen molar-refractivity contribution in [2.24, 2.45) is 0 Å². The number of carbonyl (C=O) groups is 2. The number of carbonyl (C=O) groups excluding carboxylic acids is 2. The third-order valence-corrected chi connectivity index (χ3v) is 5.16. The third kappa shape index (κ3) is 2.31. The summed E-state index contributed by atoms with van der Waals surface area (Å²) >= 11 is 0. The van der Waals surface area contributed by atoms with E-state index in [0.717, 1.165) is 30.2 Å². The maximum atomic E-state index is 13.0. The summed E-state index contributed by atoms with van der Waals surface area (Å²) in [6.45, 7) is 4.98. The number of benzene rings is 1. The van der Waals surface area contributed by atoms with Gasteiger partial charge in [-0.1, -0.05) is 24.8 Å². The Bertz CT molecular complexity index is 777. The molecule has 3 heterocycles. The monoisotopic (exact) mass is 324 g/mol. The van der Waals surface area contributed by atoms with Crippen molar-refractivity contribution in [1.82, 2.24) is 9.80 Å².